The minimum Gasteiger partial charge on any atom is -0.390 e. The standard InChI is InChI=1S/C16H28N2O2S/c1-11(2)16(4)13(19)18-14(21-16)17-12-7-5-9-15(3,20)10-6-8-12/h11-12,20H,5-10H2,1-4H3,(H,17,18,19). The van der Waals surface area contributed by atoms with Gasteiger partial charge in [-0.1, -0.05) is 25.6 Å². The van der Waals surface area contributed by atoms with E-state index in [4.69, 9.17) is 0 Å². The van der Waals surface area contributed by atoms with E-state index in [0.717, 1.165) is 43.7 Å². The molecule has 0 aromatic rings. The summed E-state index contributed by atoms with van der Waals surface area (Å²) in [6, 6.07) is 0.370. The monoisotopic (exact) mass is 312 g/mol. The van der Waals surface area contributed by atoms with E-state index in [1.165, 1.54) is 0 Å². The first-order valence-corrected chi connectivity index (χ1v) is 8.86. The Morgan fingerprint density at radius 3 is 2.33 bits per heavy atom. The second kappa shape index (κ2) is 6.29. The Morgan fingerprint density at radius 1 is 1.29 bits per heavy atom. The van der Waals surface area contributed by atoms with Gasteiger partial charge in [-0.25, -0.2) is 0 Å². The number of thioether (sulfide) groups is 1. The Bertz CT molecular complexity index is 422. The summed E-state index contributed by atoms with van der Waals surface area (Å²) < 4.78 is -0.423. The Hall–Kier alpha value is -0.550. The van der Waals surface area contributed by atoms with Gasteiger partial charge in [-0.2, -0.15) is 4.99 Å². The molecule has 2 N–H and O–H groups in total. The quantitative estimate of drug-likeness (QED) is 0.822. The van der Waals surface area contributed by atoms with E-state index in [0.29, 0.717) is 6.04 Å². The summed E-state index contributed by atoms with van der Waals surface area (Å²) in [6.45, 7) is 8.06. The van der Waals surface area contributed by atoms with Crippen LogP contribution in [0.5, 0.6) is 0 Å². The molecule has 0 spiro atoms. The predicted molar refractivity (Wildman–Crippen MR) is 88.5 cm³/mol. The lowest BCUT2D eigenvalue weighted by Gasteiger charge is -2.30. The van der Waals surface area contributed by atoms with E-state index in [9.17, 15) is 9.90 Å². The van der Waals surface area contributed by atoms with Crippen LogP contribution in [-0.2, 0) is 4.79 Å². The van der Waals surface area contributed by atoms with Gasteiger partial charge >= 0.3 is 0 Å². The third kappa shape index (κ3) is 4.01. The van der Waals surface area contributed by atoms with Crippen LogP contribution in [0.15, 0.2) is 4.99 Å². The van der Waals surface area contributed by atoms with Crippen LogP contribution in [0.4, 0.5) is 0 Å². The van der Waals surface area contributed by atoms with Crippen molar-refractivity contribution in [3.8, 4) is 0 Å². The van der Waals surface area contributed by atoms with Crippen LogP contribution in [0.3, 0.4) is 0 Å². The highest BCUT2D eigenvalue weighted by Crippen LogP contribution is 2.39. The number of carbonyl (C=O) groups is 1. The van der Waals surface area contributed by atoms with Crippen LogP contribution in [0.25, 0.3) is 0 Å². The highest BCUT2D eigenvalue weighted by atomic mass is 32.2. The summed E-state index contributed by atoms with van der Waals surface area (Å²) in [4.78, 5) is 16.3. The number of nitrogens with one attached hydrogen (secondary N) is 1. The molecular weight excluding hydrogens is 284 g/mol. The lowest BCUT2D eigenvalue weighted by atomic mass is 9.87. The molecule has 1 saturated carbocycles. The molecule has 120 valence electrons. The third-order valence-electron chi connectivity index (χ3n) is 4.90. The van der Waals surface area contributed by atoms with Crippen molar-refractivity contribution in [2.24, 2.45) is 10.9 Å². The molecule has 21 heavy (non-hydrogen) atoms. The van der Waals surface area contributed by atoms with E-state index < -0.39 is 10.3 Å². The minimum atomic E-state index is -0.503. The fourth-order valence-electron chi connectivity index (χ4n) is 2.94. The first-order valence-electron chi connectivity index (χ1n) is 8.04. The van der Waals surface area contributed by atoms with Gasteiger partial charge in [-0.15, -0.1) is 0 Å². The van der Waals surface area contributed by atoms with Crippen molar-refractivity contribution in [1.29, 1.82) is 0 Å². The summed E-state index contributed by atoms with van der Waals surface area (Å²) in [5.41, 5.74) is -0.503. The molecule has 1 heterocycles. The van der Waals surface area contributed by atoms with Crippen molar-refractivity contribution in [3.63, 3.8) is 0 Å². The van der Waals surface area contributed by atoms with Crippen molar-refractivity contribution in [2.45, 2.75) is 82.6 Å². The van der Waals surface area contributed by atoms with Gasteiger partial charge in [0, 0.05) is 6.04 Å². The van der Waals surface area contributed by atoms with Crippen LogP contribution >= 0.6 is 11.8 Å². The second-order valence-corrected chi connectivity index (χ2v) is 8.65. The van der Waals surface area contributed by atoms with Crippen LogP contribution in [0, 0.1) is 5.92 Å². The summed E-state index contributed by atoms with van der Waals surface area (Å²) in [6.07, 6.45) is 5.79. The van der Waals surface area contributed by atoms with E-state index in [-0.39, 0.29) is 11.8 Å². The first kappa shape index (κ1) is 16.8. The van der Waals surface area contributed by atoms with Gasteiger partial charge in [0.15, 0.2) is 5.17 Å². The number of hydrogen-bond donors (Lipinski definition) is 2. The van der Waals surface area contributed by atoms with E-state index >= 15 is 0 Å². The number of rotatable bonds is 2. The number of amides is 1. The second-order valence-electron chi connectivity index (χ2n) is 7.21. The normalized spacial score (nSPS) is 38.1. The number of aliphatic imine (C=N–C) groups is 1. The fraction of sp³-hybridized carbons (Fsp3) is 0.875. The molecule has 1 unspecified atom stereocenters. The van der Waals surface area contributed by atoms with Crippen LogP contribution < -0.4 is 5.32 Å². The molecule has 0 aromatic heterocycles. The van der Waals surface area contributed by atoms with Gasteiger partial charge in [0.25, 0.3) is 5.91 Å². The Morgan fingerprint density at radius 2 is 1.86 bits per heavy atom. The smallest absolute Gasteiger partial charge is 0.264 e. The maximum Gasteiger partial charge on any atom is 0.264 e. The summed E-state index contributed by atoms with van der Waals surface area (Å²) in [7, 11) is 0. The Kier molecular flexibility index (Phi) is 5.03. The van der Waals surface area contributed by atoms with Gasteiger partial charge in [0.05, 0.1) is 5.60 Å². The van der Waals surface area contributed by atoms with Crippen molar-refractivity contribution in [2.75, 3.05) is 0 Å². The number of nitrogens with zero attached hydrogens (tertiary/aromatic N) is 1. The topological polar surface area (TPSA) is 61.7 Å². The summed E-state index contributed by atoms with van der Waals surface area (Å²) in [5, 5.41) is 14.4. The van der Waals surface area contributed by atoms with Crippen LogP contribution in [0.1, 0.15) is 66.2 Å². The SMILES string of the molecule is CC(C)C1(C)SC(NC2CCCC(C)(O)CCC2)=NC1=O. The van der Waals surface area contributed by atoms with Gasteiger partial charge in [-0.05, 0) is 58.3 Å². The number of carbonyl (C=O) groups excluding carboxylic acids is 1. The number of hydrogen-bond acceptors (Lipinski definition) is 4. The highest BCUT2D eigenvalue weighted by Gasteiger charge is 2.44. The fourth-order valence-corrected chi connectivity index (χ4v) is 4.07. The number of aliphatic hydroxyl groups is 1. The third-order valence-corrected chi connectivity index (χ3v) is 6.37. The zero-order chi connectivity index (χ0) is 15.7. The van der Waals surface area contributed by atoms with Gasteiger partial charge in [0.2, 0.25) is 0 Å². The molecule has 1 amide bonds. The zero-order valence-electron chi connectivity index (χ0n) is 13.6. The van der Waals surface area contributed by atoms with Crippen LogP contribution in [-0.4, -0.2) is 32.6 Å². The van der Waals surface area contributed by atoms with Crippen molar-refractivity contribution < 1.29 is 9.90 Å². The largest absolute Gasteiger partial charge is 0.390 e. The van der Waals surface area contributed by atoms with Gasteiger partial charge in [0.1, 0.15) is 4.75 Å². The molecule has 1 atom stereocenters. The Balaban J connectivity index is 1.91. The maximum atomic E-state index is 12.1. The van der Waals surface area contributed by atoms with Crippen molar-refractivity contribution >= 4 is 22.8 Å². The van der Waals surface area contributed by atoms with E-state index in [2.05, 4.69) is 24.2 Å². The van der Waals surface area contributed by atoms with Crippen molar-refractivity contribution in [3.05, 3.63) is 0 Å². The molecule has 0 aromatic carbocycles. The minimum absolute atomic E-state index is 0.0150. The maximum absolute atomic E-state index is 12.1. The molecule has 1 aliphatic heterocycles. The van der Waals surface area contributed by atoms with Crippen LogP contribution in [0.2, 0.25) is 0 Å². The molecule has 5 heteroatoms. The molecule has 0 radical (unpaired) electrons. The van der Waals surface area contributed by atoms with Gasteiger partial charge < -0.3 is 10.4 Å². The molecule has 2 rings (SSSR count). The molecule has 0 saturated heterocycles. The lowest BCUT2D eigenvalue weighted by Crippen LogP contribution is -2.37. The molecule has 2 aliphatic rings. The lowest BCUT2D eigenvalue weighted by molar-refractivity contribution is -0.120. The molecule has 4 nitrogen and oxygen atoms in total. The first-order chi connectivity index (χ1) is 9.73. The van der Waals surface area contributed by atoms with Crippen molar-refractivity contribution in [1.82, 2.24) is 5.32 Å². The zero-order valence-corrected chi connectivity index (χ0v) is 14.4. The van der Waals surface area contributed by atoms with E-state index in [1.54, 1.807) is 11.8 Å². The average molecular weight is 312 g/mol. The summed E-state index contributed by atoms with van der Waals surface area (Å²) >= 11 is 1.57. The average Bonchev–Trinajstić information content (AvgIpc) is 2.63. The molecule has 1 aliphatic carbocycles. The van der Waals surface area contributed by atoms with E-state index in [1.807, 2.05) is 13.8 Å². The number of amidine groups is 1. The molecule has 1 fully saturated rings. The highest BCUT2D eigenvalue weighted by molar-refractivity contribution is 8.16. The molecule has 0 bridgehead atoms. The Labute approximate surface area is 132 Å². The molecular formula is C16H28N2O2S. The van der Waals surface area contributed by atoms with Gasteiger partial charge in [-0.3, -0.25) is 4.79 Å². The predicted octanol–water partition coefficient (Wildman–Crippen LogP) is 3.09. The summed E-state index contributed by atoms with van der Waals surface area (Å²) in [5.74, 6) is 0.254.